The first-order chi connectivity index (χ1) is 17.3. The molecule has 0 aliphatic heterocycles. The quantitative estimate of drug-likeness (QED) is 0.487. The zero-order valence-electron chi connectivity index (χ0n) is 19.5. The molecule has 192 valence electrons. The van der Waals surface area contributed by atoms with Crippen molar-refractivity contribution in [2.75, 3.05) is 11.9 Å². The molecule has 36 heavy (non-hydrogen) atoms. The van der Waals surface area contributed by atoms with E-state index in [-0.39, 0.29) is 30.1 Å². The lowest BCUT2D eigenvalue weighted by atomic mass is 9.91. The summed E-state index contributed by atoms with van der Waals surface area (Å²) in [5, 5.41) is 10.0. The molecule has 0 aromatic carbocycles. The van der Waals surface area contributed by atoms with Crippen LogP contribution < -0.4 is 15.4 Å². The Hall–Kier alpha value is -3.18. The number of thiophene rings is 1. The Kier molecular flexibility index (Phi) is 6.85. The van der Waals surface area contributed by atoms with Crippen molar-refractivity contribution in [3.63, 3.8) is 0 Å². The molecular formula is C23H25F3N6O3S. The normalized spacial score (nSPS) is 22.4. The number of carbonyl (C=O) groups is 2. The van der Waals surface area contributed by atoms with Gasteiger partial charge >= 0.3 is 6.61 Å². The number of amides is 2. The zero-order chi connectivity index (χ0) is 25.4. The Morgan fingerprint density at radius 2 is 2.14 bits per heavy atom. The van der Waals surface area contributed by atoms with Crippen LogP contribution in [0.4, 0.5) is 24.0 Å². The Balaban J connectivity index is 1.33. The van der Waals surface area contributed by atoms with Gasteiger partial charge in [-0.1, -0.05) is 0 Å². The summed E-state index contributed by atoms with van der Waals surface area (Å²) in [5.74, 6) is -0.813. The van der Waals surface area contributed by atoms with Gasteiger partial charge in [-0.05, 0) is 50.0 Å². The number of nitrogens with zero attached hydrogens (tertiary/aromatic N) is 4. The number of ether oxygens (including phenoxy) is 1. The van der Waals surface area contributed by atoms with Gasteiger partial charge in [0.25, 0.3) is 5.91 Å². The second kappa shape index (κ2) is 10.1. The van der Waals surface area contributed by atoms with Gasteiger partial charge in [-0.3, -0.25) is 9.59 Å². The van der Waals surface area contributed by atoms with Crippen LogP contribution >= 0.6 is 11.3 Å². The van der Waals surface area contributed by atoms with E-state index in [4.69, 9.17) is 0 Å². The molecule has 2 amide bonds. The maximum Gasteiger partial charge on any atom is 0.388 e. The van der Waals surface area contributed by atoms with E-state index in [1.54, 1.807) is 0 Å². The number of rotatable bonds is 9. The molecule has 2 aromatic heterocycles. The highest BCUT2D eigenvalue weighted by Crippen LogP contribution is 2.41. The van der Waals surface area contributed by atoms with Crippen molar-refractivity contribution in [2.45, 2.75) is 57.3 Å². The van der Waals surface area contributed by atoms with Gasteiger partial charge in [0.15, 0.2) is 5.82 Å². The molecule has 2 unspecified atom stereocenters. The van der Waals surface area contributed by atoms with Crippen LogP contribution in [0.5, 0.6) is 5.88 Å². The van der Waals surface area contributed by atoms with Gasteiger partial charge in [0.05, 0.1) is 23.5 Å². The summed E-state index contributed by atoms with van der Waals surface area (Å²) in [6.45, 7) is -2.40. The van der Waals surface area contributed by atoms with Crippen molar-refractivity contribution in [1.29, 1.82) is 0 Å². The molecule has 9 nitrogen and oxygen atoms in total. The van der Waals surface area contributed by atoms with Crippen LogP contribution in [0.15, 0.2) is 16.1 Å². The van der Waals surface area contributed by atoms with Crippen LogP contribution in [0.2, 0.25) is 0 Å². The molecule has 5 rings (SSSR count). The maximum atomic E-state index is 13.4. The van der Waals surface area contributed by atoms with E-state index in [1.807, 2.05) is 0 Å². The van der Waals surface area contributed by atoms with Gasteiger partial charge in [0.1, 0.15) is 11.2 Å². The number of carbonyl (C=O) groups excluding carboxylic acids is 2. The fourth-order valence-corrected chi connectivity index (χ4v) is 5.38. The van der Waals surface area contributed by atoms with Crippen molar-refractivity contribution in [3.05, 3.63) is 22.1 Å². The molecule has 3 aliphatic carbocycles. The second-order valence-corrected chi connectivity index (χ2v) is 10.4. The van der Waals surface area contributed by atoms with Gasteiger partial charge < -0.3 is 15.4 Å². The Morgan fingerprint density at radius 3 is 2.83 bits per heavy atom. The van der Waals surface area contributed by atoms with Crippen LogP contribution in [0, 0.1) is 11.8 Å². The molecule has 0 bridgehead atoms. The van der Waals surface area contributed by atoms with E-state index in [9.17, 15) is 22.8 Å². The molecule has 2 heterocycles. The number of hydrogen-bond acceptors (Lipinski definition) is 7. The molecule has 2 N–H and O–H groups in total. The number of alkyl halides is 3. The topological polar surface area (TPSA) is 110 Å². The smallest absolute Gasteiger partial charge is 0.388 e. The highest BCUT2D eigenvalue weighted by Gasteiger charge is 2.44. The summed E-state index contributed by atoms with van der Waals surface area (Å²) in [6.07, 6.45) is 3.07. The molecule has 13 heteroatoms. The van der Waals surface area contributed by atoms with Gasteiger partial charge in [-0.25, -0.2) is 14.1 Å². The van der Waals surface area contributed by atoms with E-state index in [2.05, 4.69) is 36.5 Å². The largest absolute Gasteiger partial charge is 0.415 e. The highest BCUT2D eigenvalue weighted by atomic mass is 32.1. The highest BCUT2D eigenvalue weighted by molar-refractivity contribution is 7.17. The average molecular weight is 523 g/mol. The average Bonchev–Trinajstić information content (AvgIpc) is 3.72. The van der Waals surface area contributed by atoms with Crippen LogP contribution in [0.1, 0.15) is 46.5 Å². The molecule has 0 spiro atoms. The molecule has 0 saturated heterocycles. The predicted molar refractivity (Wildman–Crippen MR) is 126 cm³/mol. The van der Waals surface area contributed by atoms with Gasteiger partial charge in [-0.2, -0.15) is 13.8 Å². The molecule has 3 atom stereocenters. The van der Waals surface area contributed by atoms with Gasteiger partial charge in [-0.15, -0.1) is 16.4 Å². The molecule has 2 fully saturated rings. The molecular weight excluding hydrogens is 497 g/mol. The van der Waals surface area contributed by atoms with E-state index in [0.29, 0.717) is 42.3 Å². The van der Waals surface area contributed by atoms with Gasteiger partial charge in [0, 0.05) is 24.5 Å². The van der Waals surface area contributed by atoms with Gasteiger partial charge in [0.2, 0.25) is 11.8 Å². The third kappa shape index (κ3) is 5.62. The Labute approximate surface area is 208 Å². The van der Waals surface area contributed by atoms with E-state index in [1.165, 1.54) is 29.1 Å². The first-order valence-electron chi connectivity index (χ1n) is 11.8. The molecule has 0 radical (unpaired) electrons. The second-order valence-electron chi connectivity index (χ2n) is 9.29. The standard InChI is InChI=1S/C23H25F3N6O3S/c1-32-17(8-18(31-32)35-23(25)26)29-10-28-12-4-5-16-14(6-12)19(21(34)27-9-11-2-3-11)22(36-16)30-20(33)13-7-15(13)24/h8,11-13,15,23H,2-7,9H2,1H3,(H,27,34)(H,30,33)/t12-,13?,15?/m0/s1. The SMILES string of the molecule is Cn1nc(OC(F)F)cc1N=C=N[C@H]1CCc2sc(NC(=O)C3CC3F)c(C(=O)NCC3CC3)c2C1. The molecule has 2 aromatic rings. The summed E-state index contributed by atoms with van der Waals surface area (Å²) >= 11 is 1.36. The lowest BCUT2D eigenvalue weighted by Crippen LogP contribution is -2.28. The minimum absolute atomic E-state index is 0.210. The number of anilines is 1. The van der Waals surface area contributed by atoms with Crippen molar-refractivity contribution < 1.29 is 27.5 Å². The van der Waals surface area contributed by atoms with Crippen molar-refractivity contribution in [2.24, 2.45) is 28.9 Å². The number of fused-ring (bicyclic) bond motifs is 1. The number of hydrogen-bond donors (Lipinski definition) is 2. The fourth-order valence-electron chi connectivity index (χ4n) is 4.14. The number of nitrogens with one attached hydrogen (secondary N) is 2. The summed E-state index contributed by atoms with van der Waals surface area (Å²) in [6, 6.07) is 3.66. The number of aryl methyl sites for hydroxylation is 2. The lowest BCUT2D eigenvalue weighted by Gasteiger charge is -2.18. The zero-order valence-corrected chi connectivity index (χ0v) is 20.3. The minimum Gasteiger partial charge on any atom is -0.415 e. The fraction of sp³-hybridized carbons (Fsp3) is 0.565. The van der Waals surface area contributed by atoms with Crippen LogP contribution in [-0.2, 0) is 24.7 Å². The summed E-state index contributed by atoms with van der Waals surface area (Å²) < 4.78 is 43.7. The first kappa shape index (κ1) is 24.5. The number of aliphatic imine (C=N–C) groups is 2. The summed E-state index contributed by atoms with van der Waals surface area (Å²) in [7, 11) is 1.53. The van der Waals surface area contributed by atoms with Crippen LogP contribution in [0.3, 0.4) is 0 Å². The van der Waals surface area contributed by atoms with Crippen LogP contribution in [0.25, 0.3) is 0 Å². The van der Waals surface area contributed by atoms with E-state index in [0.717, 1.165) is 23.3 Å². The summed E-state index contributed by atoms with van der Waals surface area (Å²) in [4.78, 5) is 35.0. The van der Waals surface area contributed by atoms with Crippen molar-refractivity contribution in [3.8, 4) is 5.88 Å². The van der Waals surface area contributed by atoms with E-state index >= 15 is 0 Å². The third-order valence-electron chi connectivity index (χ3n) is 6.44. The number of halogens is 3. The minimum atomic E-state index is -2.99. The summed E-state index contributed by atoms with van der Waals surface area (Å²) in [5.41, 5.74) is 1.25. The van der Waals surface area contributed by atoms with Crippen molar-refractivity contribution in [1.82, 2.24) is 15.1 Å². The lowest BCUT2D eigenvalue weighted by molar-refractivity contribution is -0.117. The monoisotopic (exact) mass is 522 g/mol. The third-order valence-corrected chi connectivity index (χ3v) is 7.65. The Morgan fingerprint density at radius 1 is 1.36 bits per heavy atom. The van der Waals surface area contributed by atoms with E-state index < -0.39 is 24.6 Å². The van der Waals surface area contributed by atoms with Crippen LogP contribution in [-0.4, -0.2) is 53.0 Å². The first-order valence-corrected chi connectivity index (χ1v) is 12.6. The Bertz CT molecular complexity index is 1230. The molecule has 2 saturated carbocycles. The molecule has 3 aliphatic rings. The maximum absolute atomic E-state index is 13.4. The van der Waals surface area contributed by atoms with Crippen molar-refractivity contribution >= 4 is 40.0 Å². The number of aromatic nitrogens is 2. The predicted octanol–water partition coefficient (Wildman–Crippen LogP) is 3.88.